The summed E-state index contributed by atoms with van der Waals surface area (Å²) in [5, 5.41) is 0. The van der Waals surface area contributed by atoms with Gasteiger partial charge in [0.1, 0.15) is 11.5 Å². The maximum Gasteiger partial charge on any atom is 0.231 e. The molecular weight excluding hydrogens is 276 g/mol. The lowest BCUT2D eigenvalue weighted by atomic mass is 10.1. The van der Waals surface area contributed by atoms with Gasteiger partial charge >= 0.3 is 0 Å². The van der Waals surface area contributed by atoms with Crippen LogP contribution in [-0.2, 0) is 0 Å². The molecule has 110 valence electrons. The van der Waals surface area contributed by atoms with E-state index in [2.05, 4.69) is 0 Å². The van der Waals surface area contributed by atoms with Crippen LogP contribution in [0.2, 0.25) is 0 Å². The van der Waals surface area contributed by atoms with Crippen molar-refractivity contribution in [1.29, 1.82) is 0 Å². The highest BCUT2D eigenvalue weighted by Gasteiger charge is 2.26. The van der Waals surface area contributed by atoms with Crippen LogP contribution in [0.3, 0.4) is 0 Å². The average Bonchev–Trinajstić information content (AvgIpc) is 2.84. The van der Waals surface area contributed by atoms with E-state index in [0.717, 1.165) is 16.9 Å². The van der Waals surface area contributed by atoms with Gasteiger partial charge in [0.05, 0.1) is 12.7 Å². The Balaban J connectivity index is 1.83. The summed E-state index contributed by atoms with van der Waals surface area (Å²) in [6, 6.07) is 13.3. The fraction of sp³-hybridized carbons (Fsp3) is 0.105. The van der Waals surface area contributed by atoms with Gasteiger partial charge < -0.3 is 9.47 Å². The Labute approximate surface area is 129 Å². The van der Waals surface area contributed by atoms with E-state index in [1.54, 1.807) is 19.3 Å². The Morgan fingerprint density at radius 3 is 2.77 bits per heavy atom. The van der Waals surface area contributed by atoms with Crippen LogP contribution in [0.1, 0.15) is 21.5 Å². The van der Waals surface area contributed by atoms with Crippen LogP contribution in [0.25, 0.3) is 6.08 Å². The average molecular weight is 292 g/mol. The first-order valence-electron chi connectivity index (χ1n) is 7.03. The molecule has 0 spiro atoms. The van der Waals surface area contributed by atoms with Crippen LogP contribution in [0.5, 0.6) is 11.5 Å². The number of ketones is 1. The molecular formula is C19H16O3. The second kappa shape index (κ2) is 5.90. The molecule has 3 nitrogen and oxygen atoms in total. The molecule has 0 fully saturated rings. The molecule has 0 saturated carbocycles. The number of hydrogen-bond acceptors (Lipinski definition) is 3. The zero-order valence-electron chi connectivity index (χ0n) is 12.5. The summed E-state index contributed by atoms with van der Waals surface area (Å²) in [6.07, 6.45) is 5.37. The molecule has 0 N–H and O–H groups in total. The van der Waals surface area contributed by atoms with Gasteiger partial charge in [-0.1, -0.05) is 42.0 Å². The number of fused-ring (bicyclic) bond motifs is 1. The first-order valence-corrected chi connectivity index (χ1v) is 7.03. The third-order valence-electron chi connectivity index (χ3n) is 3.49. The van der Waals surface area contributed by atoms with Crippen LogP contribution in [0.4, 0.5) is 0 Å². The fourth-order valence-electron chi connectivity index (χ4n) is 2.36. The largest absolute Gasteiger partial charge is 0.496 e. The van der Waals surface area contributed by atoms with Crippen molar-refractivity contribution in [3.8, 4) is 11.5 Å². The third-order valence-corrected chi connectivity index (χ3v) is 3.49. The normalized spacial score (nSPS) is 15.2. The molecule has 1 aliphatic heterocycles. The molecule has 1 aliphatic rings. The highest BCUT2D eigenvalue weighted by Crippen LogP contribution is 2.31. The molecule has 0 amide bonds. The first kappa shape index (κ1) is 14.1. The molecule has 0 bridgehead atoms. The van der Waals surface area contributed by atoms with Gasteiger partial charge in [0, 0.05) is 5.56 Å². The zero-order valence-corrected chi connectivity index (χ0v) is 12.5. The van der Waals surface area contributed by atoms with Crippen molar-refractivity contribution in [2.45, 2.75) is 6.92 Å². The molecule has 0 unspecified atom stereocenters. The van der Waals surface area contributed by atoms with Gasteiger partial charge in [-0.05, 0) is 31.2 Å². The molecule has 22 heavy (non-hydrogen) atoms. The van der Waals surface area contributed by atoms with Crippen LogP contribution in [0.15, 0.2) is 60.4 Å². The second-order valence-electron chi connectivity index (χ2n) is 5.06. The summed E-state index contributed by atoms with van der Waals surface area (Å²) in [6.45, 7) is 1.96. The first-order chi connectivity index (χ1) is 10.7. The van der Waals surface area contributed by atoms with E-state index >= 15 is 0 Å². The summed E-state index contributed by atoms with van der Waals surface area (Å²) in [4.78, 5) is 12.3. The predicted octanol–water partition coefficient (Wildman–Crippen LogP) is 4.18. The number of benzene rings is 2. The minimum atomic E-state index is -0.0802. The van der Waals surface area contributed by atoms with Crippen molar-refractivity contribution in [1.82, 2.24) is 0 Å². The fourth-order valence-corrected chi connectivity index (χ4v) is 2.36. The summed E-state index contributed by atoms with van der Waals surface area (Å²) in [5.74, 6) is 1.66. The number of rotatable bonds is 3. The van der Waals surface area contributed by atoms with Crippen LogP contribution < -0.4 is 9.47 Å². The van der Waals surface area contributed by atoms with Crippen molar-refractivity contribution in [3.63, 3.8) is 0 Å². The lowest BCUT2D eigenvalue weighted by Crippen LogP contribution is -1.97. The van der Waals surface area contributed by atoms with Gasteiger partial charge in [0.25, 0.3) is 0 Å². The van der Waals surface area contributed by atoms with Gasteiger partial charge in [0.15, 0.2) is 5.76 Å². The van der Waals surface area contributed by atoms with Crippen molar-refractivity contribution in [2.24, 2.45) is 0 Å². The number of methoxy groups -OCH3 is 1. The monoisotopic (exact) mass is 292 g/mol. The van der Waals surface area contributed by atoms with Crippen LogP contribution in [-0.4, -0.2) is 12.9 Å². The molecule has 3 heteroatoms. The van der Waals surface area contributed by atoms with Crippen LogP contribution in [0, 0.1) is 6.92 Å². The quantitative estimate of drug-likeness (QED) is 0.796. The number of ether oxygens (including phenoxy) is 2. The predicted molar refractivity (Wildman–Crippen MR) is 86.2 cm³/mol. The van der Waals surface area contributed by atoms with E-state index in [1.807, 2.05) is 55.5 Å². The summed E-state index contributed by atoms with van der Waals surface area (Å²) >= 11 is 0. The summed E-state index contributed by atoms with van der Waals surface area (Å²) in [5.41, 5.74) is 2.61. The van der Waals surface area contributed by atoms with Crippen molar-refractivity contribution >= 4 is 11.9 Å². The lowest BCUT2D eigenvalue weighted by Gasteiger charge is -2.02. The van der Waals surface area contributed by atoms with Gasteiger partial charge in [-0.2, -0.15) is 0 Å². The Morgan fingerprint density at radius 1 is 1.14 bits per heavy atom. The topological polar surface area (TPSA) is 35.5 Å². The molecule has 0 aliphatic carbocycles. The third kappa shape index (κ3) is 2.66. The van der Waals surface area contributed by atoms with E-state index in [4.69, 9.17) is 9.47 Å². The smallest absolute Gasteiger partial charge is 0.231 e. The minimum absolute atomic E-state index is 0.0802. The number of aryl methyl sites for hydroxylation is 1. The summed E-state index contributed by atoms with van der Waals surface area (Å²) < 4.78 is 10.9. The van der Waals surface area contributed by atoms with Crippen molar-refractivity contribution in [2.75, 3.05) is 7.11 Å². The summed E-state index contributed by atoms with van der Waals surface area (Å²) in [7, 11) is 1.63. The van der Waals surface area contributed by atoms with Gasteiger partial charge in [-0.3, -0.25) is 4.79 Å². The molecule has 0 atom stereocenters. The van der Waals surface area contributed by atoms with Crippen molar-refractivity contribution < 1.29 is 14.3 Å². The zero-order chi connectivity index (χ0) is 15.5. The van der Waals surface area contributed by atoms with Crippen LogP contribution >= 0.6 is 0 Å². The van der Waals surface area contributed by atoms with Gasteiger partial charge in [-0.25, -0.2) is 0 Å². The SMILES string of the molecule is COc1ccccc1/C=C/C=C1\Oc2ccc(C)cc2C1=O. The molecule has 2 aromatic rings. The molecule has 2 aromatic carbocycles. The number of para-hydroxylation sites is 1. The van der Waals surface area contributed by atoms with E-state index in [-0.39, 0.29) is 5.78 Å². The molecule has 0 aromatic heterocycles. The minimum Gasteiger partial charge on any atom is -0.496 e. The number of carbonyl (C=O) groups excluding carboxylic acids is 1. The van der Waals surface area contributed by atoms with E-state index in [0.29, 0.717) is 17.1 Å². The van der Waals surface area contributed by atoms with E-state index in [9.17, 15) is 4.79 Å². The number of Topliss-reactive ketones (excluding diaryl/α,β-unsaturated/α-hetero) is 1. The highest BCUT2D eigenvalue weighted by atomic mass is 16.5. The second-order valence-corrected chi connectivity index (χ2v) is 5.06. The van der Waals surface area contributed by atoms with Gasteiger partial charge in [0.2, 0.25) is 5.78 Å². The number of carbonyl (C=O) groups is 1. The number of hydrogen-bond donors (Lipinski definition) is 0. The Morgan fingerprint density at radius 2 is 1.95 bits per heavy atom. The van der Waals surface area contributed by atoms with Crippen molar-refractivity contribution in [3.05, 3.63) is 77.1 Å². The number of allylic oxidation sites excluding steroid dienone is 3. The Bertz CT molecular complexity index is 785. The maximum atomic E-state index is 12.3. The highest BCUT2D eigenvalue weighted by molar-refractivity contribution is 6.12. The molecule has 3 rings (SSSR count). The molecule has 1 heterocycles. The Hall–Kier alpha value is -2.81. The lowest BCUT2D eigenvalue weighted by molar-refractivity contribution is 0.101. The Kier molecular flexibility index (Phi) is 3.79. The standard InChI is InChI=1S/C19H16O3/c1-13-10-11-17-15(12-13)19(20)18(22-17)9-5-7-14-6-3-4-8-16(14)21-2/h3-12H,1-2H3/b7-5+,18-9-. The van der Waals surface area contributed by atoms with E-state index < -0.39 is 0 Å². The molecule has 0 radical (unpaired) electrons. The van der Waals surface area contributed by atoms with Gasteiger partial charge in [-0.15, -0.1) is 0 Å². The molecule has 0 saturated heterocycles. The maximum absolute atomic E-state index is 12.3. The van der Waals surface area contributed by atoms with E-state index in [1.165, 1.54) is 0 Å².